The molecule has 146 valence electrons. The van der Waals surface area contributed by atoms with Crippen LogP contribution in [0.4, 0.5) is 4.39 Å². The third-order valence-electron chi connectivity index (χ3n) is 5.04. The summed E-state index contributed by atoms with van der Waals surface area (Å²) in [5, 5.41) is 1.89. The van der Waals surface area contributed by atoms with Crippen molar-refractivity contribution in [2.24, 2.45) is 0 Å². The summed E-state index contributed by atoms with van der Waals surface area (Å²) in [5.74, 6) is -0.609. The molecule has 0 spiro atoms. The van der Waals surface area contributed by atoms with E-state index in [0.29, 0.717) is 21.7 Å². The first-order chi connectivity index (χ1) is 14.5. The number of benzene rings is 3. The molecule has 2 heterocycles. The molecular formula is C23H13ClFN3O2. The molecule has 5 aromatic rings. The Labute approximate surface area is 174 Å². The second kappa shape index (κ2) is 6.93. The monoisotopic (exact) mass is 417 g/mol. The van der Waals surface area contributed by atoms with Gasteiger partial charge in [0.25, 0.3) is 5.56 Å². The van der Waals surface area contributed by atoms with E-state index in [1.807, 2.05) is 18.2 Å². The van der Waals surface area contributed by atoms with Crippen LogP contribution in [-0.4, -0.2) is 14.5 Å². The number of hydrogen-bond donors (Lipinski definition) is 1. The average Bonchev–Trinajstić information content (AvgIpc) is 2.75. The number of hydrogen-bond acceptors (Lipinski definition) is 3. The Morgan fingerprint density at radius 2 is 1.67 bits per heavy atom. The van der Waals surface area contributed by atoms with Crippen molar-refractivity contribution in [3.05, 3.63) is 105 Å². The van der Waals surface area contributed by atoms with Crippen LogP contribution < -0.4 is 11.2 Å². The van der Waals surface area contributed by atoms with Crippen LogP contribution in [-0.2, 0) is 0 Å². The minimum atomic E-state index is -0.637. The molecule has 30 heavy (non-hydrogen) atoms. The van der Waals surface area contributed by atoms with Gasteiger partial charge in [-0.25, -0.2) is 13.8 Å². The maximum atomic E-state index is 14.9. The van der Waals surface area contributed by atoms with E-state index < -0.39 is 17.1 Å². The maximum Gasteiger partial charge on any atom is 0.333 e. The first kappa shape index (κ1) is 18.3. The molecule has 0 amide bonds. The summed E-state index contributed by atoms with van der Waals surface area (Å²) in [4.78, 5) is 32.9. The van der Waals surface area contributed by atoms with Crippen LogP contribution in [0.25, 0.3) is 38.5 Å². The number of aromatic amines is 1. The Hall–Kier alpha value is -3.77. The lowest BCUT2D eigenvalue weighted by molar-refractivity contribution is 0.632. The van der Waals surface area contributed by atoms with Crippen LogP contribution in [0.15, 0.2) is 82.6 Å². The minimum absolute atomic E-state index is 0.0517. The number of pyridine rings is 1. The number of H-pyrrole nitrogens is 1. The second-order valence-corrected chi connectivity index (χ2v) is 7.22. The molecule has 2 aromatic heterocycles. The van der Waals surface area contributed by atoms with E-state index >= 15 is 0 Å². The fourth-order valence-corrected chi connectivity index (χ4v) is 3.86. The summed E-state index contributed by atoms with van der Waals surface area (Å²) in [6.45, 7) is 0. The lowest BCUT2D eigenvalue weighted by Crippen LogP contribution is -2.34. The molecule has 0 radical (unpaired) electrons. The Morgan fingerprint density at radius 1 is 0.900 bits per heavy atom. The fraction of sp³-hybridized carbons (Fsp3) is 0. The predicted molar refractivity (Wildman–Crippen MR) is 116 cm³/mol. The predicted octanol–water partition coefficient (Wildman–Crippen LogP) is 4.69. The highest BCUT2D eigenvalue weighted by Gasteiger charge is 2.16. The molecule has 0 saturated carbocycles. The van der Waals surface area contributed by atoms with Crippen molar-refractivity contribution in [2.45, 2.75) is 0 Å². The molecule has 0 fully saturated rings. The number of aromatic nitrogens is 3. The van der Waals surface area contributed by atoms with Crippen LogP contribution in [0.5, 0.6) is 0 Å². The molecule has 0 unspecified atom stereocenters. The van der Waals surface area contributed by atoms with Crippen molar-refractivity contribution in [3.8, 4) is 16.8 Å². The molecule has 7 heteroatoms. The van der Waals surface area contributed by atoms with Gasteiger partial charge in [-0.1, -0.05) is 54.1 Å². The van der Waals surface area contributed by atoms with E-state index in [1.54, 1.807) is 36.5 Å². The Bertz CT molecular complexity index is 1570. The summed E-state index contributed by atoms with van der Waals surface area (Å²) >= 11 is 6.19. The molecule has 5 nitrogen and oxygen atoms in total. The normalized spacial score (nSPS) is 11.3. The summed E-state index contributed by atoms with van der Waals surface area (Å²) in [6.07, 6.45) is 3.09. The lowest BCUT2D eigenvalue weighted by atomic mass is 10.0. The van der Waals surface area contributed by atoms with E-state index in [-0.39, 0.29) is 16.5 Å². The highest BCUT2D eigenvalue weighted by Crippen LogP contribution is 2.31. The number of halogens is 2. The van der Waals surface area contributed by atoms with Gasteiger partial charge in [0.15, 0.2) is 0 Å². The molecule has 5 rings (SSSR count). The molecule has 3 aromatic carbocycles. The van der Waals surface area contributed by atoms with Gasteiger partial charge >= 0.3 is 5.69 Å². The number of nitrogens with zero attached hydrogens (tertiary/aromatic N) is 2. The summed E-state index contributed by atoms with van der Waals surface area (Å²) < 4.78 is 15.9. The topological polar surface area (TPSA) is 67.8 Å². The molecule has 1 N–H and O–H groups in total. The van der Waals surface area contributed by atoms with Gasteiger partial charge in [-0.2, -0.15) is 0 Å². The van der Waals surface area contributed by atoms with Crippen LogP contribution in [0, 0.1) is 5.82 Å². The van der Waals surface area contributed by atoms with Crippen LogP contribution >= 0.6 is 11.6 Å². The van der Waals surface area contributed by atoms with Crippen LogP contribution in [0.2, 0.25) is 5.02 Å². The largest absolute Gasteiger partial charge is 0.333 e. The van der Waals surface area contributed by atoms with Gasteiger partial charge in [0, 0.05) is 33.1 Å². The van der Waals surface area contributed by atoms with Gasteiger partial charge in [0.1, 0.15) is 5.82 Å². The minimum Gasteiger partial charge on any atom is -0.306 e. The smallest absolute Gasteiger partial charge is 0.306 e. The highest BCUT2D eigenvalue weighted by atomic mass is 35.5. The van der Waals surface area contributed by atoms with Gasteiger partial charge < -0.3 is 4.98 Å². The van der Waals surface area contributed by atoms with E-state index in [0.717, 1.165) is 16.0 Å². The quantitative estimate of drug-likeness (QED) is 0.453. The van der Waals surface area contributed by atoms with E-state index in [4.69, 9.17) is 11.6 Å². The Morgan fingerprint density at radius 3 is 2.50 bits per heavy atom. The zero-order valence-electron chi connectivity index (χ0n) is 15.4. The average molecular weight is 418 g/mol. The van der Waals surface area contributed by atoms with Crippen LogP contribution in [0.3, 0.4) is 0 Å². The zero-order chi connectivity index (χ0) is 20.8. The third-order valence-corrected chi connectivity index (χ3v) is 5.37. The number of fused-ring (bicyclic) bond motifs is 2. The van der Waals surface area contributed by atoms with Crippen molar-refractivity contribution in [1.29, 1.82) is 0 Å². The molecule has 0 bridgehead atoms. The van der Waals surface area contributed by atoms with E-state index in [2.05, 4.69) is 9.97 Å². The van der Waals surface area contributed by atoms with Crippen molar-refractivity contribution in [2.75, 3.05) is 0 Å². The molecule has 0 aliphatic rings. The van der Waals surface area contributed by atoms with Crippen molar-refractivity contribution < 1.29 is 4.39 Å². The Kier molecular flexibility index (Phi) is 4.22. The van der Waals surface area contributed by atoms with Gasteiger partial charge in [0.2, 0.25) is 0 Å². The molecule has 0 aliphatic carbocycles. The SMILES string of the molecule is O=c1[nH]c2cc(-c3ccccc3Cl)c(F)cc2c(=O)n1-c1cncc2ccccc12. The van der Waals surface area contributed by atoms with E-state index in [1.165, 1.54) is 12.3 Å². The highest BCUT2D eigenvalue weighted by molar-refractivity contribution is 6.33. The number of nitrogens with one attached hydrogen (secondary N) is 1. The lowest BCUT2D eigenvalue weighted by Gasteiger charge is -2.11. The van der Waals surface area contributed by atoms with Crippen molar-refractivity contribution >= 4 is 33.3 Å². The van der Waals surface area contributed by atoms with Gasteiger partial charge in [-0.05, 0) is 18.2 Å². The first-order valence-corrected chi connectivity index (χ1v) is 9.49. The van der Waals surface area contributed by atoms with Crippen molar-refractivity contribution in [1.82, 2.24) is 14.5 Å². The number of rotatable bonds is 2. The van der Waals surface area contributed by atoms with Gasteiger partial charge in [0.05, 0.1) is 22.8 Å². The molecule has 0 aliphatic heterocycles. The van der Waals surface area contributed by atoms with E-state index in [9.17, 15) is 14.0 Å². The maximum absolute atomic E-state index is 14.9. The van der Waals surface area contributed by atoms with Crippen LogP contribution in [0.1, 0.15) is 0 Å². The standard InChI is InChI=1S/C23H13ClFN3O2/c24-18-8-4-3-7-15(18)16-10-20-17(9-19(16)25)22(29)28(23(30)27-20)21-12-26-11-13-5-1-2-6-14(13)21/h1-12H,(H,27,30). The third kappa shape index (κ3) is 2.81. The zero-order valence-corrected chi connectivity index (χ0v) is 16.2. The molecular weight excluding hydrogens is 405 g/mol. The Balaban J connectivity index is 1.81. The van der Waals surface area contributed by atoms with Gasteiger partial charge in [-0.3, -0.25) is 9.78 Å². The summed E-state index contributed by atoms with van der Waals surface area (Å²) in [5.41, 5.74) is -0.0314. The summed E-state index contributed by atoms with van der Waals surface area (Å²) in [6, 6.07) is 16.6. The first-order valence-electron chi connectivity index (χ1n) is 9.11. The fourth-order valence-electron chi connectivity index (χ4n) is 3.62. The molecule has 0 atom stereocenters. The van der Waals surface area contributed by atoms with Gasteiger partial charge in [-0.15, -0.1) is 0 Å². The summed E-state index contributed by atoms with van der Waals surface area (Å²) in [7, 11) is 0. The van der Waals surface area contributed by atoms with Crippen molar-refractivity contribution in [3.63, 3.8) is 0 Å². The molecule has 0 saturated heterocycles. The second-order valence-electron chi connectivity index (χ2n) is 6.81.